The van der Waals surface area contributed by atoms with Gasteiger partial charge in [0.25, 0.3) is 0 Å². The zero-order valence-corrected chi connectivity index (χ0v) is 7.38. The maximum absolute atomic E-state index is 3.63. The average Bonchev–Trinajstić information content (AvgIpc) is 1.87. The Balaban J connectivity index is 4.03. The maximum Gasteiger partial charge on any atom is 0.164 e. The van der Waals surface area contributed by atoms with Gasteiger partial charge in [-0.2, -0.15) is 0 Å². The molecule has 0 heterocycles. The molecule has 1 heteroatoms. The third-order valence-corrected chi connectivity index (χ3v) is 1.26. The van der Waals surface area contributed by atoms with Crippen LogP contribution in [0.5, 0.6) is 0 Å². The first kappa shape index (κ1) is 9.89. The van der Waals surface area contributed by atoms with Crippen molar-refractivity contribution in [3.63, 3.8) is 0 Å². The highest BCUT2D eigenvalue weighted by atomic mass is 14.9. The number of rotatable bonds is 4. The van der Waals surface area contributed by atoms with Crippen molar-refractivity contribution in [3.05, 3.63) is 37.0 Å². The maximum atomic E-state index is 3.63. The molecule has 1 nitrogen and oxygen atoms in total. The molecule has 0 aromatic heterocycles. The summed E-state index contributed by atoms with van der Waals surface area (Å²) in [5, 5.41) is 0. The van der Waals surface area contributed by atoms with E-state index in [1.165, 1.54) is 5.57 Å². The van der Waals surface area contributed by atoms with Crippen molar-refractivity contribution in [2.75, 3.05) is 13.6 Å². The van der Waals surface area contributed by atoms with Gasteiger partial charge in [0.15, 0.2) is 12.8 Å². The van der Waals surface area contributed by atoms with Gasteiger partial charge in [-0.1, -0.05) is 25.3 Å². The van der Waals surface area contributed by atoms with E-state index in [2.05, 4.69) is 24.7 Å². The Morgan fingerprint density at radius 3 is 2.45 bits per heavy atom. The highest BCUT2D eigenvalue weighted by Crippen LogP contribution is 1.91. The molecule has 0 aliphatic heterocycles. The minimum Gasteiger partial charge on any atom is -0.235 e. The quantitative estimate of drug-likeness (QED) is 0.328. The third-order valence-electron chi connectivity index (χ3n) is 1.26. The Bertz CT molecular complexity index is 175. The van der Waals surface area contributed by atoms with Gasteiger partial charge in [-0.3, -0.25) is 0 Å². The second kappa shape index (κ2) is 5.66. The van der Waals surface area contributed by atoms with E-state index >= 15 is 0 Å². The molecule has 60 valence electrons. The van der Waals surface area contributed by atoms with Gasteiger partial charge in [0, 0.05) is 0 Å². The number of likely N-dealkylation sites (N-methyl/N-ethyl adjacent to an activating group) is 1. The third kappa shape index (κ3) is 5.34. The van der Waals surface area contributed by atoms with Gasteiger partial charge in [-0.15, -0.1) is 0 Å². The molecule has 0 amide bonds. The standard InChI is InChI=1S/C10H16N/c1-5-7-10(3)9-11(4)8-6-2/h5-8H,1-2,9H2,3-4H3/q+1/b10-7+,11-8?. The van der Waals surface area contributed by atoms with Crippen molar-refractivity contribution in [2.45, 2.75) is 6.92 Å². The molecule has 0 N–H and O–H groups in total. The van der Waals surface area contributed by atoms with Crippen LogP contribution in [0.1, 0.15) is 6.92 Å². The van der Waals surface area contributed by atoms with E-state index in [4.69, 9.17) is 0 Å². The van der Waals surface area contributed by atoms with Crippen molar-refractivity contribution >= 4 is 6.21 Å². The number of hydrogen-bond donors (Lipinski definition) is 0. The molecule has 0 unspecified atom stereocenters. The van der Waals surface area contributed by atoms with Gasteiger partial charge in [0.05, 0.1) is 0 Å². The fourth-order valence-corrected chi connectivity index (χ4v) is 0.880. The summed E-state index contributed by atoms with van der Waals surface area (Å²) in [5.41, 5.74) is 1.29. The lowest BCUT2D eigenvalue weighted by Crippen LogP contribution is -2.08. The summed E-state index contributed by atoms with van der Waals surface area (Å²) in [7, 11) is 2.02. The highest BCUT2D eigenvalue weighted by Gasteiger charge is 1.94. The van der Waals surface area contributed by atoms with Gasteiger partial charge >= 0.3 is 0 Å². The second-order valence-corrected chi connectivity index (χ2v) is 2.55. The van der Waals surface area contributed by atoms with E-state index in [9.17, 15) is 0 Å². The summed E-state index contributed by atoms with van der Waals surface area (Å²) in [6.45, 7) is 10.3. The van der Waals surface area contributed by atoms with Crippen molar-refractivity contribution in [1.82, 2.24) is 0 Å². The molecule has 0 atom stereocenters. The van der Waals surface area contributed by atoms with Crippen LogP contribution in [-0.4, -0.2) is 24.4 Å². The first-order chi connectivity index (χ1) is 5.20. The van der Waals surface area contributed by atoms with Crippen molar-refractivity contribution < 1.29 is 4.58 Å². The minimum atomic E-state index is 0.929. The topological polar surface area (TPSA) is 3.01 Å². The summed E-state index contributed by atoms with van der Waals surface area (Å²) >= 11 is 0. The lowest BCUT2D eigenvalue weighted by atomic mass is 10.3. The first-order valence-corrected chi connectivity index (χ1v) is 3.65. The molecule has 0 saturated heterocycles. The van der Waals surface area contributed by atoms with Crippen molar-refractivity contribution in [3.8, 4) is 0 Å². The molecule has 0 saturated carbocycles. The van der Waals surface area contributed by atoms with Gasteiger partial charge in [-0.25, -0.2) is 4.58 Å². The number of nitrogens with zero attached hydrogens (tertiary/aromatic N) is 1. The zero-order chi connectivity index (χ0) is 8.69. The van der Waals surface area contributed by atoms with E-state index in [0.29, 0.717) is 0 Å². The molecule has 0 aromatic rings. The molecule has 0 aromatic carbocycles. The minimum absolute atomic E-state index is 0.929. The van der Waals surface area contributed by atoms with Crippen molar-refractivity contribution in [1.29, 1.82) is 0 Å². The summed E-state index contributed by atoms with van der Waals surface area (Å²) in [6.07, 6.45) is 7.53. The van der Waals surface area contributed by atoms with E-state index in [1.54, 1.807) is 12.2 Å². The summed E-state index contributed by atoms with van der Waals surface area (Å²) in [4.78, 5) is 0. The van der Waals surface area contributed by atoms with Crippen LogP contribution in [0.15, 0.2) is 37.0 Å². The zero-order valence-electron chi connectivity index (χ0n) is 7.38. The van der Waals surface area contributed by atoms with Crippen LogP contribution >= 0.6 is 0 Å². The molecule has 0 aliphatic carbocycles. The monoisotopic (exact) mass is 150 g/mol. The smallest absolute Gasteiger partial charge is 0.164 e. The lowest BCUT2D eigenvalue weighted by Gasteiger charge is -1.94. The van der Waals surface area contributed by atoms with Gasteiger partial charge in [0.2, 0.25) is 0 Å². The predicted molar refractivity (Wildman–Crippen MR) is 51.3 cm³/mol. The molecule has 11 heavy (non-hydrogen) atoms. The summed E-state index contributed by atoms with van der Waals surface area (Å²) in [6, 6.07) is 0. The van der Waals surface area contributed by atoms with Crippen molar-refractivity contribution in [2.24, 2.45) is 0 Å². The van der Waals surface area contributed by atoms with E-state index < -0.39 is 0 Å². The molecule has 0 bridgehead atoms. The largest absolute Gasteiger partial charge is 0.235 e. The second-order valence-electron chi connectivity index (χ2n) is 2.55. The number of hydrogen-bond acceptors (Lipinski definition) is 0. The molecule has 0 rings (SSSR count). The Morgan fingerprint density at radius 2 is 2.00 bits per heavy atom. The molecular formula is C10H16N+. The summed E-state index contributed by atoms with van der Waals surface area (Å²) in [5.74, 6) is 0. The van der Waals surface area contributed by atoms with Crippen LogP contribution in [0.3, 0.4) is 0 Å². The van der Waals surface area contributed by atoms with Gasteiger partial charge < -0.3 is 0 Å². The Labute approximate surface area is 69.1 Å². The van der Waals surface area contributed by atoms with Crippen LogP contribution in [0.2, 0.25) is 0 Å². The molecule has 0 fully saturated rings. The van der Waals surface area contributed by atoms with Crippen LogP contribution in [0, 0.1) is 0 Å². The fraction of sp³-hybridized carbons (Fsp3) is 0.300. The Hall–Kier alpha value is -1.11. The number of allylic oxidation sites excluding steroid dienone is 3. The van der Waals surface area contributed by atoms with Crippen LogP contribution in [0.25, 0.3) is 0 Å². The Kier molecular flexibility index (Phi) is 5.09. The molecule has 0 spiro atoms. The van der Waals surface area contributed by atoms with Gasteiger partial charge in [-0.05, 0) is 18.6 Å². The van der Waals surface area contributed by atoms with Gasteiger partial charge in [0.1, 0.15) is 7.05 Å². The predicted octanol–water partition coefficient (Wildman–Crippen LogP) is 2.02. The first-order valence-electron chi connectivity index (χ1n) is 3.65. The fourth-order valence-electron chi connectivity index (χ4n) is 0.880. The summed E-state index contributed by atoms with van der Waals surface area (Å²) < 4.78 is 2.07. The molecular weight excluding hydrogens is 134 g/mol. The van der Waals surface area contributed by atoms with Crippen LogP contribution in [-0.2, 0) is 0 Å². The lowest BCUT2D eigenvalue weighted by molar-refractivity contribution is -0.483. The van der Waals surface area contributed by atoms with Crippen LogP contribution in [0.4, 0.5) is 0 Å². The Morgan fingerprint density at radius 1 is 1.36 bits per heavy atom. The molecule has 0 radical (unpaired) electrons. The average molecular weight is 150 g/mol. The SMILES string of the molecule is C=CC=[N+](C)C/C(C)=C/C=C. The van der Waals surface area contributed by atoms with Crippen LogP contribution < -0.4 is 0 Å². The highest BCUT2D eigenvalue weighted by molar-refractivity contribution is 5.64. The molecule has 0 aliphatic rings. The van der Waals surface area contributed by atoms with E-state index in [1.807, 2.05) is 19.3 Å². The van der Waals surface area contributed by atoms with E-state index in [-0.39, 0.29) is 0 Å². The van der Waals surface area contributed by atoms with E-state index in [0.717, 1.165) is 6.54 Å². The normalized spacial score (nSPS) is 12.9.